The van der Waals surface area contributed by atoms with E-state index in [1.165, 1.54) is 0 Å². The summed E-state index contributed by atoms with van der Waals surface area (Å²) in [6.45, 7) is 9.99. The Kier molecular flexibility index (Phi) is 6.17. The Morgan fingerprint density at radius 1 is 1.60 bits per heavy atom. The molecule has 0 aromatic rings. The van der Waals surface area contributed by atoms with Crippen LogP contribution in [0.3, 0.4) is 0 Å². The molecule has 2 atom stereocenters. The van der Waals surface area contributed by atoms with E-state index in [0.29, 0.717) is 12.1 Å². The zero-order valence-corrected chi connectivity index (χ0v) is 10.2. The zero-order chi connectivity index (χ0) is 11.1. The highest BCUT2D eigenvalue weighted by atomic mass is 16.5. The molecule has 1 aliphatic heterocycles. The molecule has 0 bridgehead atoms. The molecule has 1 heterocycles. The predicted octanol–water partition coefficient (Wildman–Crippen LogP) is 0.332. The monoisotopic (exact) mass is 216 g/mol. The fourth-order valence-electron chi connectivity index (χ4n) is 1.97. The summed E-state index contributed by atoms with van der Waals surface area (Å²) in [4.78, 5) is 2.40. The van der Waals surface area contributed by atoms with Gasteiger partial charge in [0.05, 0.1) is 19.3 Å². The topological polar surface area (TPSA) is 33.7 Å². The lowest BCUT2D eigenvalue weighted by molar-refractivity contribution is -0.00844. The number of nitrogens with one attached hydrogen (secondary N) is 1. The van der Waals surface area contributed by atoms with Crippen LogP contribution in [-0.2, 0) is 9.47 Å². The SMILES string of the molecule is CCN(CC1CNCCO1)C(C)COC. The van der Waals surface area contributed by atoms with E-state index in [1.807, 2.05) is 0 Å². The standard InChI is InChI=1S/C11H24N2O2/c1-4-13(10(2)9-14-3)8-11-7-12-5-6-15-11/h10-12H,4-9H2,1-3H3. The van der Waals surface area contributed by atoms with Gasteiger partial charge in [-0.3, -0.25) is 4.90 Å². The molecule has 0 spiro atoms. The van der Waals surface area contributed by atoms with Crippen molar-refractivity contribution >= 4 is 0 Å². The van der Waals surface area contributed by atoms with Gasteiger partial charge in [0.25, 0.3) is 0 Å². The lowest BCUT2D eigenvalue weighted by Gasteiger charge is -2.33. The van der Waals surface area contributed by atoms with Gasteiger partial charge in [0.1, 0.15) is 0 Å². The molecule has 2 unspecified atom stereocenters. The fraction of sp³-hybridized carbons (Fsp3) is 1.00. The number of nitrogens with zero attached hydrogens (tertiary/aromatic N) is 1. The van der Waals surface area contributed by atoms with Crippen LogP contribution in [0.25, 0.3) is 0 Å². The lowest BCUT2D eigenvalue weighted by Crippen LogP contribution is -2.48. The second kappa shape index (κ2) is 7.17. The maximum Gasteiger partial charge on any atom is 0.0826 e. The summed E-state index contributed by atoms with van der Waals surface area (Å²) in [7, 11) is 1.75. The molecule has 0 aromatic heterocycles. The second-order valence-electron chi connectivity index (χ2n) is 4.09. The second-order valence-corrected chi connectivity index (χ2v) is 4.09. The Labute approximate surface area is 92.9 Å². The summed E-state index contributed by atoms with van der Waals surface area (Å²) >= 11 is 0. The van der Waals surface area contributed by atoms with Crippen molar-refractivity contribution in [2.24, 2.45) is 0 Å². The molecule has 15 heavy (non-hydrogen) atoms. The van der Waals surface area contributed by atoms with Gasteiger partial charge in [-0.05, 0) is 13.5 Å². The van der Waals surface area contributed by atoms with Gasteiger partial charge in [-0.15, -0.1) is 0 Å². The first-order valence-corrected chi connectivity index (χ1v) is 5.83. The molecule has 0 aliphatic carbocycles. The Bertz CT molecular complexity index is 161. The molecule has 90 valence electrons. The largest absolute Gasteiger partial charge is 0.383 e. The number of morpholine rings is 1. The number of ether oxygens (including phenoxy) is 2. The first-order chi connectivity index (χ1) is 7.27. The van der Waals surface area contributed by atoms with Crippen LogP contribution in [0, 0.1) is 0 Å². The van der Waals surface area contributed by atoms with Crippen molar-refractivity contribution in [2.45, 2.75) is 26.0 Å². The van der Waals surface area contributed by atoms with E-state index in [2.05, 4.69) is 24.1 Å². The third-order valence-corrected chi connectivity index (χ3v) is 2.88. The Morgan fingerprint density at radius 2 is 2.40 bits per heavy atom. The van der Waals surface area contributed by atoms with Gasteiger partial charge in [-0.1, -0.05) is 6.92 Å². The van der Waals surface area contributed by atoms with Gasteiger partial charge >= 0.3 is 0 Å². The molecule has 0 amide bonds. The quantitative estimate of drug-likeness (QED) is 0.694. The molecule has 4 heteroatoms. The zero-order valence-electron chi connectivity index (χ0n) is 10.2. The highest BCUT2D eigenvalue weighted by Gasteiger charge is 2.19. The lowest BCUT2D eigenvalue weighted by atomic mass is 10.2. The first-order valence-electron chi connectivity index (χ1n) is 5.83. The Hall–Kier alpha value is -0.160. The van der Waals surface area contributed by atoms with Crippen LogP contribution in [0.2, 0.25) is 0 Å². The molecule has 4 nitrogen and oxygen atoms in total. The maximum absolute atomic E-state index is 5.69. The minimum absolute atomic E-state index is 0.331. The van der Waals surface area contributed by atoms with Crippen molar-refractivity contribution in [1.29, 1.82) is 0 Å². The van der Waals surface area contributed by atoms with Crippen LogP contribution >= 0.6 is 0 Å². The van der Waals surface area contributed by atoms with E-state index in [0.717, 1.165) is 39.4 Å². The van der Waals surface area contributed by atoms with Crippen molar-refractivity contribution < 1.29 is 9.47 Å². The number of likely N-dealkylation sites (N-methyl/N-ethyl adjacent to an activating group) is 1. The molecule has 1 aliphatic rings. The average Bonchev–Trinajstić information content (AvgIpc) is 2.27. The van der Waals surface area contributed by atoms with Gasteiger partial charge in [0, 0.05) is 32.8 Å². The van der Waals surface area contributed by atoms with Crippen molar-refractivity contribution in [3.8, 4) is 0 Å². The molecule has 0 aromatic carbocycles. The summed E-state index contributed by atoms with van der Waals surface area (Å²) < 4.78 is 10.9. The molecule has 0 radical (unpaired) electrons. The van der Waals surface area contributed by atoms with Crippen molar-refractivity contribution in [2.75, 3.05) is 46.5 Å². The van der Waals surface area contributed by atoms with E-state index < -0.39 is 0 Å². The predicted molar refractivity (Wildman–Crippen MR) is 61.2 cm³/mol. The van der Waals surface area contributed by atoms with Gasteiger partial charge in [0.2, 0.25) is 0 Å². The van der Waals surface area contributed by atoms with Crippen molar-refractivity contribution in [1.82, 2.24) is 10.2 Å². The molecule has 1 rings (SSSR count). The summed E-state index contributed by atoms with van der Waals surface area (Å²) in [5, 5.41) is 3.35. The van der Waals surface area contributed by atoms with E-state index in [9.17, 15) is 0 Å². The van der Waals surface area contributed by atoms with Crippen LogP contribution in [0.1, 0.15) is 13.8 Å². The van der Waals surface area contributed by atoms with Crippen molar-refractivity contribution in [3.63, 3.8) is 0 Å². The summed E-state index contributed by atoms with van der Waals surface area (Å²) in [6, 6.07) is 0.463. The molecule has 1 saturated heterocycles. The van der Waals surface area contributed by atoms with Gasteiger partial charge in [0.15, 0.2) is 0 Å². The third-order valence-electron chi connectivity index (χ3n) is 2.88. The third kappa shape index (κ3) is 4.47. The van der Waals surface area contributed by atoms with E-state index in [-0.39, 0.29) is 0 Å². The first kappa shape index (κ1) is 12.9. The minimum atomic E-state index is 0.331. The van der Waals surface area contributed by atoms with E-state index in [1.54, 1.807) is 7.11 Å². The van der Waals surface area contributed by atoms with Crippen LogP contribution in [0.15, 0.2) is 0 Å². The van der Waals surface area contributed by atoms with Crippen LogP contribution in [-0.4, -0.2) is 63.5 Å². The van der Waals surface area contributed by atoms with Crippen molar-refractivity contribution in [3.05, 3.63) is 0 Å². The van der Waals surface area contributed by atoms with Gasteiger partial charge in [-0.25, -0.2) is 0 Å². The number of hydrogen-bond acceptors (Lipinski definition) is 4. The molecular weight excluding hydrogens is 192 g/mol. The van der Waals surface area contributed by atoms with Gasteiger partial charge < -0.3 is 14.8 Å². The average molecular weight is 216 g/mol. The number of rotatable bonds is 6. The van der Waals surface area contributed by atoms with E-state index in [4.69, 9.17) is 9.47 Å². The van der Waals surface area contributed by atoms with Crippen LogP contribution in [0.5, 0.6) is 0 Å². The normalized spacial score (nSPS) is 24.4. The molecule has 0 saturated carbocycles. The maximum atomic E-state index is 5.69. The number of methoxy groups -OCH3 is 1. The van der Waals surface area contributed by atoms with Gasteiger partial charge in [-0.2, -0.15) is 0 Å². The summed E-state index contributed by atoms with van der Waals surface area (Å²) in [5.74, 6) is 0. The highest BCUT2D eigenvalue weighted by molar-refractivity contribution is 4.74. The van der Waals surface area contributed by atoms with E-state index >= 15 is 0 Å². The summed E-state index contributed by atoms with van der Waals surface area (Å²) in [6.07, 6.45) is 0.331. The molecule has 1 fully saturated rings. The highest BCUT2D eigenvalue weighted by Crippen LogP contribution is 2.04. The Balaban J connectivity index is 2.30. The van der Waals surface area contributed by atoms with Crippen LogP contribution < -0.4 is 5.32 Å². The fourth-order valence-corrected chi connectivity index (χ4v) is 1.97. The molecule has 1 N–H and O–H groups in total. The molecular formula is C11H24N2O2. The smallest absolute Gasteiger partial charge is 0.0826 e. The Morgan fingerprint density at radius 3 is 2.93 bits per heavy atom. The summed E-state index contributed by atoms with van der Waals surface area (Å²) in [5.41, 5.74) is 0. The number of hydrogen-bond donors (Lipinski definition) is 1. The van der Waals surface area contributed by atoms with Crippen LogP contribution in [0.4, 0.5) is 0 Å². The minimum Gasteiger partial charge on any atom is -0.383 e.